The molecule has 8 heteroatoms. The lowest BCUT2D eigenvalue weighted by molar-refractivity contribution is -0.137. The van der Waals surface area contributed by atoms with Crippen LogP contribution in [0.5, 0.6) is 5.88 Å². The molecule has 1 aliphatic heterocycles. The van der Waals surface area contributed by atoms with Gasteiger partial charge in [-0.15, -0.1) is 0 Å². The number of hydrogen-bond acceptors (Lipinski definition) is 4. The Balaban J connectivity index is 2.05. The molecule has 1 saturated heterocycles. The summed E-state index contributed by atoms with van der Waals surface area (Å²) < 4.78 is 49.3. The first kappa shape index (κ1) is 19.3. The van der Waals surface area contributed by atoms with Crippen molar-refractivity contribution in [2.75, 3.05) is 6.54 Å². The number of pyridine rings is 1. The molecule has 0 spiro atoms. The van der Waals surface area contributed by atoms with Crippen molar-refractivity contribution in [2.45, 2.75) is 64.5 Å². The van der Waals surface area contributed by atoms with Gasteiger partial charge in [-0.3, -0.25) is 0 Å². The van der Waals surface area contributed by atoms with Gasteiger partial charge in [0.05, 0.1) is 12.1 Å². The van der Waals surface area contributed by atoms with E-state index in [0.717, 1.165) is 18.3 Å². The summed E-state index contributed by atoms with van der Waals surface area (Å²) in [6, 6.07) is 1.74. The summed E-state index contributed by atoms with van der Waals surface area (Å²) in [6.07, 6.45) is -2.98. The third-order valence-corrected chi connectivity index (χ3v) is 3.82. The topological polar surface area (TPSA) is 51.7 Å². The quantitative estimate of drug-likeness (QED) is 0.790. The van der Waals surface area contributed by atoms with Crippen LogP contribution >= 0.6 is 0 Å². The average Bonchev–Trinajstić information content (AvgIpc) is 2.47. The zero-order valence-corrected chi connectivity index (χ0v) is 14.8. The lowest BCUT2D eigenvalue weighted by Crippen LogP contribution is -2.50. The molecule has 0 saturated carbocycles. The first-order chi connectivity index (χ1) is 11.5. The van der Waals surface area contributed by atoms with Crippen LogP contribution in [0, 0.1) is 0 Å². The van der Waals surface area contributed by atoms with Crippen LogP contribution in [0.3, 0.4) is 0 Å². The Kier molecular flexibility index (Phi) is 5.49. The second-order valence-corrected chi connectivity index (χ2v) is 7.18. The number of likely N-dealkylation sites (tertiary alicyclic amines) is 1. The standard InChI is InChI=1S/C17H23F3N2O3/c1-11-5-6-13(10-22(11)15(23)25-16(2,3)4)24-14-9-12(7-8-21-14)17(18,19)20/h7-9,11,13H,5-6,10H2,1-4H3. The lowest BCUT2D eigenvalue weighted by Gasteiger charge is -2.38. The average molecular weight is 360 g/mol. The largest absolute Gasteiger partial charge is 0.472 e. The Labute approximate surface area is 145 Å². The molecule has 1 amide bonds. The smallest absolute Gasteiger partial charge is 0.416 e. The number of halogens is 3. The van der Waals surface area contributed by atoms with E-state index in [1.165, 1.54) is 0 Å². The van der Waals surface area contributed by atoms with Crippen molar-refractivity contribution in [1.82, 2.24) is 9.88 Å². The fourth-order valence-electron chi connectivity index (χ4n) is 2.57. The number of alkyl halides is 3. The molecule has 1 fully saturated rings. The molecule has 2 rings (SSSR count). The minimum Gasteiger partial charge on any atom is -0.472 e. The molecule has 25 heavy (non-hydrogen) atoms. The summed E-state index contributed by atoms with van der Waals surface area (Å²) in [5.41, 5.74) is -1.43. The fraction of sp³-hybridized carbons (Fsp3) is 0.647. The zero-order valence-electron chi connectivity index (χ0n) is 14.8. The van der Waals surface area contributed by atoms with Gasteiger partial charge in [0.2, 0.25) is 5.88 Å². The molecule has 2 unspecified atom stereocenters. The fourth-order valence-corrected chi connectivity index (χ4v) is 2.57. The molecule has 0 N–H and O–H groups in total. The number of ether oxygens (including phenoxy) is 2. The minimum absolute atomic E-state index is 0.0239. The lowest BCUT2D eigenvalue weighted by atomic mass is 10.0. The first-order valence-corrected chi connectivity index (χ1v) is 8.15. The predicted octanol–water partition coefficient (Wildman–Crippen LogP) is 4.27. The number of aromatic nitrogens is 1. The van der Waals surface area contributed by atoms with Gasteiger partial charge in [-0.25, -0.2) is 9.78 Å². The van der Waals surface area contributed by atoms with Crippen molar-refractivity contribution in [2.24, 2.45) is 0 Å². The molecule has 0 aromatic carbocycles. The van der Waals surface area contributed by atoms with E-state index >= 15 is 0 Å². The van der Waals surface area contributed by atoms with E-state index < -0.39 is 29.5 Å². The van der Waals surface area contributed by atoms with Gasteiger partial charge in [0.1, 0.15) is 11.7 Å². The van der Waals surface area contributed by atoms with Crippen LogP contribution in [-0.4, -0.2) is 40.3 Å². The van der Waals surface area contributed by atoms with Crippen LogP contribution in [0.2, 0.25) is 0 Å². The first-order valence-electron chi connectivity index (χ1n) is 8.15. The number of amides is 1. The number of nitrogens with zero attached hydrogens (tertiary/aromatic N) is 2. The van der Waals surface area contributed by atoms with Gasteiger partial charge >= 0.3 is 12.3 Å². The summed E-state index contributed by atoms with van der Waals surface area (Å²) in [6.45, 7) is 7.48. The van der Waals surface area contributed by atoms with Crippen molar-refractivity contribution in [1.29, 1.82) is 0 Å². The van der Waals surface area contributed by atoms with Crippen molar-refractivity contribution in [3.63, 3.8) is 0 Å². The number of rotatable bonds is 2. The predicted molar refractivity (Wildman–Crippen MR) is 85.3 cm³/mol. The molecule has 2 atom stereocenters. The zero-order chi connectivity index (χ0) is 18.8. The van der Waals surface area contributed by atoms with Crippen molar-refractivity contribution in [3.05, 3.63) is 23.9 Å². The highest BCUT2D eigenvalue weighted by atomic mass is 19.4. The molecule has 0 bridgehead atoms. The molecular weight excluding hydrogens is 337 g/mol. The van der Waals surface area contributed by atoms with E-state index in [0.29, 0.717) is 12.8 Å². The van der Waals surface area contributed by atoms with E-state index in [4.69, 9.17) is 9.47 Å². The van der Waals surface area contributed by atoms with Gasteiger partial charge in [0, 0.05) is 18.3 Å². The number of hydrogen-bond donors (Lipinski definition) is 0. The van der Waals surface area contributed by atoms with Gasteiger partial charge in [0.25, 0.3) is 0 Å². The Morgan fingerprint density at radius 1 is 1.28 bits per heavy atom. The van der Waals surface area contributed by atoms with Crippen LogP contribution in [0.15, 0.2) is 18.3 Å². The number of carbonyl (C=O) groups excluding carboxylic acids is 1. The summed E-state index contributed by atoms with van der Waals surface area (Å²) >= 11 is 0. The van der Waals surface area contributed by atoms with E-state index in [-0.39, 0.29) is 18.5 Å². The normalized spacial score (nSPS) is 21.8. The van der Waals surface area contributed by atoms with Crippen LogP contribution < -0.4 is 4.74 Å². The van der Waals surface area contributed by atoms with Crippen LogP contribution in [0.25, 0.3) is 0 Å². The summed E-state index contributed by atoms with van der Waals surface area (Å²) in [5.74, 6) is -0.0986. The highest BCUT2D eigenvalue weighted by molar-refractivity contribution is 5.68. The van der Waals surface area contributed by atoms with Crippen LogP contribution in [0.4, 0.5) is 18.0 Å². The maximum Gasteiger partial charge on any atom is 0.416 e. The molecule has 1 aromatic heterocycles. The maximum absolute atomic E-state index is 12.8. The van der Waals surface area contributed by atoms with Gasteiger partial charge in [-0.05, 0) is 46.6 Å². The second kappa shape index (κ2) is 7.09. The molecular formula is C17H23F3N2O3. The molecule has 140 valence electrons. The third-order valence-electron chi connectivity index (χ3n) is 3.82. The van der Waals surface area contributed by atoms with E-state index in [1.54, 1.807) is 25.7 Å². The van der Waals surface area contributed by atoms with Crippen molar-refractivity contribution >= 4 is 6.09 Å². The monoisotopic (exact) mass is 360 g/mol. The van der Waals surface area contributed by atoms with E-state index in [2.05, 4.69) is 4.98 Å². The van der Waals surface area contributed by atoms with Gasteiger partial charge in [0.15, 0.2) is 0 Å². The van der Waals surface area contributed by atoms with E-state index in [9.17, 15) is 18.0 Å². The highest BCUT2D eigenvalue weighted by Crippen LogP contribution is 2.31. The van der Waals surface area contributed by atoms with E-state index in [1.807, 2.05) is 6.92 Å². The van der Waals surface area contributed by atoms with Gasteiger partial charge in [-0.2, -0.15) is 13.2 Å². The number of piperidine rings is 1. The van der Waals surface area contributed by atoms with Gasteiger partial charge in [-0.1, -0.05) is 0 Å². The summed E-state index contributed by atoms with van der Waals surface area (Å²) in [5, 5.41) is 0. The minimum atomic E-state index is -4.45. The van der Waals surface area contributed by atoms with Crippen molar-refractivity contribution in [3.8, 4) is 5.88 Å². The SMILES string of the molecule is CC1CCC(Oc2cc(C(F)(F)F)ccn2)CN1C(=O)OC(C)(C)C. The Morgan fingerprint density at radius 2 is 1.96 bits per heavy atom. The molecule has 0 aliphatic carbocycles. The molecule has 0 radical (unpaired) electrons. The Bertz CT molecular complexity index is 614. The Hall–Kier alpha value is -1.99. The third kappa shape index (κ3) is 5.51. The van der Waals surface area contributed by atoms with Gasteiger partial charge < -0.3 is 14.4 Å². The van der Waals surface area contributed by atoms with Crippen molar-refractivity contribution < 1.29 is 27.4 Å². The maximum atomic E-state index is 12.8. The van der Waals surface area contributed by atoms with Crippen LogP contribution in [-0.2, 0) is 10.9 Å². The summed E-state index contributed by atoms with van der Waals surface area (Å²) in [7, 11) is 0. The van der Waals surface area contributed by atoms with Crippen LogP contribution in [0.1, 0.15) is 46.1 Å². The Morgan fingerprint density at radius 3 is 2.56 bits per heavy atom. The second-order valence-electron chi connectivity index (χ2n) is 7.18. The number of carbonyl (C=O) groups is 1. The molecule has 5 nitrogen and oxygen atoms in total. The molecule has 1 aliphatic rings. The molecule has 1 aromatic rings. The summed E-state index contributed by atoms with van der Waals surface area (Å²) in [4.78, 5) is 17.7. The molecule has 2 heterocycles. The highest BCUT2D eigenvalue weighted by Gasteiger charge is 2.34.